The Balaban J connectivity index is 2.84. The Kier molecular flexibility index (Phi) is 2.06. The smallest absolute Gasteiger partial charge is 0.326 e. The molecule has 0 amide bonds. The SMILES string of the molecule is Nc1ncc([C@H](N)C(=O)O)s1. The molecule has 0 aliphatic heterocycles. The Labute approximate surface area is 66.7 Å². The van der Waals surface area contributed by atoms with Gasteiger partial charge in [0.25, 0.3) is 0 Å². The molecule has 1 aromatic heterocycles. The van der Waals surface area contributed by atoms with Gasteiger partial charge in [0.1, 0.15) is 6.04 Å². The van der Waals surface area contributed by atoms with E-state index in [1.165, 1.54) is 6.20 Å². The average molecular weight is 173 g/mol. The predicted molar refractivity (Wildman–Crippen MR) is 41.1 cm³/mol. The molecule has 1 rings (SSSR count). The Morgan fingerprint density at radius 3 is 2.82 bits per heavy atom. The normalized spacial score (nSPS) is 12.8. The lowest BCUT2D eigenvalue weighted by Gasteiger charge is -1.99. The summed E-state index contributed by atoms with van der Waals surface area (Å²) in [4.78, 5) is 14.5. The fraction of sp³-hybridized carbons (Fsp3) is 0.200. The minimum Gasteiger partial charge on any atom is -0.480 e. The highest BCUT2D eigenvalue weighted by Crippen LogP contribution is 2.20. The number of anilines is 1. The maximum atomic E-state index is 10.3. The second-order valence-electron chi connectivity index (χ2n) is 1.92. The first-order chi connectivity index (χ1) is 5.11. The van der Waals surface area contributed by atoms with Crippen LogP contribution < -0.4 is 11.5 Å². The molecule has 0 unspecified atom stereocenters. The molecule has 0 aromatic carbocycles. The van der Waals surface area contributed by atoms with Crippen LogP contribution in [0.15, 0.2) is 6.20 Å². The maximum absolute atomic E-state index is 10.3. The van der Waals surface area contributed by atoms with Gasteiger partial charge in [0.05, 0.1) is 4.88 Å². The Morgan fingerprint density at radius 1 is 1.82 bits per heavy atom. The van der Waals surface area contributed by atoms with E-state index in [1.54, 1.807) is 0 Å². The molecule has 1 atom stereocenters. The van der Waals surface area contributed by atoms with Gasteiger partial charge in [-0.1, -0.05) is 0 Å². The van der Waals surface area contributed by atoms with E-state index in [0.717, 1.165) is 11.3 Å². The van der Waals surface area contributed by atoms with Crippen molar-refractivity contribution in [3.8, 4) is 0 Å². The van der Waals surface area contributed by atoms with Crippen molar-refractivity contribution in [3.05, 3.63) is 11.1 Å². The highest BCUT2D eigenvalue weighted by Gasteiger charge is 2.16. The molecule has 1 heterocycles. The zero-order valence-electron chi connectivity index (χ0n) is 5.52. The van der Waals surface area contributed by atoms with Crippen LogP contribution in [0.3, 0.4) is 0 Å². The fourth-order valence-corrected chi connectivity index (χ4v) is 1.25. The summed E-state index contributed by atoms with van der Waals surface area (Å²) in [6.07, 6.45) is 1.37. The predicted octanol–water partition coefficient (Wildman–Crippen LogP) is -0.190. The summed E-state index contributed by atoms with van der Waals surface area (Å²) in [6.45, 7) is 0. The lowest BCUT2D eigenvalue weighted by Crippen LogP contribution is -2.19. The van der Waals surface area contributed by atoms with Crippen LogP contribution >= 0.6 is 11.3 Å². The quantitative estimate of drug-likeness (QED) is 0.575. The summed E-state index contributed by atoms with van der Waals surface area (Å²) in [5, 5.41) is 8.79. The standard InChI is InChI=1S/C5H7N3O2S/c6-3(4(9)10)2-1-8-5(7)11-2/h1,3H,6H2,(H2,7,8)(H,9,10)/t3-/m0/s1. The van der Waals surface area contributed by atoms with Crippen molar-refractivity contribution in [2.24, 2.45) is 5.73 Å². The van der Waals surface area contributed by atoms with Crippen molar-refractivity contribution in [2.75, 3.05) is 5.73 Å². The molecule has 1 aromatic rings. The first-order valence-electron chi connectivity index (χ1n) is 2.81. The summed E-state index contributed by atoms with van der Waals surface area (Å²) in [7, 11) is 0. The van der Waals surface area contributed by atoms with E-state index in [0.29, 0.717) is 10.0 Å². The summed E-state index contributed by atoms with van der Waals surface area (Å²) < 4.78 is 0. The highest BCUT2D eigenvalue weighted by molar-refractivity contribution is 7.15. The van der Waals surface area contributed by atoms with E-state index in [9.17, 15) is 4.79 Å². The van der Waals surface area contributed by atoms with E-state index in [4.69, 9.17) is 16.6 Å². The number of hydrogen-bond acceptors (Lipinski definition) is 5. The van der Waals surface area contributed by atoms with Crippen LogP contribution in [-0.4, -0.2) is 16.1 Å². The molecule has 0 fully saturated rings. The minimum absolute atomic E-state index is 0.330. The Bertz CT molecular complexity index is 272. The number of rotatable bonds is 2. The lowest BCUT2D eigenvalue weighted by molar-refractivity contribution is -0.138. The van der Waals surface area contributed by atoms with Gasteiger partial charge in [-0.25, -0.2) is 4.98 Å². The van der Waals surface area contributed by atoms with Gasteiger partial charge in [-0.05, 0) is 0 Å². The molecule has 11 heavy (non-hydrogen) atoms. The van der Waals surface area contributed by atoms with Gasteiger partial charge in [-0.2, -0.15) is 0 Å². The molecule has 0 spiro atoms. The summed E-state index contributed by atoms with van der Waals surface area (Å²) in [5.74, 6) is -1.08. The molecular formula is C5H7N3O2S. The second-order valence-corrected chi connectivity index (χ2v) is 3.01. The van der Waals surface area contributed by atoms with Crippen molar-refractivity contribution in [3.63, 3.8) is 0 Å². The van der Waals surface area contributed by atoms with Crippen LogP contribution in [0.25, 0.3) is 0 Å². The molecule has 0 radical (unpaired) electrons. The number of nitrogens with two attached hydrogens (primary N) is 2. The molecule has 0 saturated heterocycles. The number of aromatic nitrogens is 1. The van der Waals surface area contributed by atoms with Crippen LogP contribution in [0.4, 0.5) is 5.13 Å². The van der Waals surface area contributed by atoms with E-state index in [-0.39, 0.29) is 0 Å². The highest BCUT2D eigenvalue weighted by atomic mass is 32.1. The first-order valence-corrected chi connectivity index (χ1v) is 3.62. The van der Waals surface area contributed by atoms with Crippen LogP contribution in [0.1, 0.15) is 10.9 Å². The number of carbonyl (C=O) groups is 1. The van der Waals surface area contributed by atoms with Crippen LogP contribution in [-0.2, 0) is 4.79 Å². The monoisotopic (exact) mass is 173 g/mol. The van der Waals surface area contributed by atoms with Crippen molar-refractivity contribution in [1.82, 2.24) is 4.98 Å². The van der Waals surface area contributed by atoms with E-state index >= 15 is 0 Å². The molecule has 0 aliphatic carbocycles. The number of hydrogen-bond donors (Lipinski definition) is 3. The number of nitrogens with zero attached hydrogens (tertiary/aromatic N) is 1. The van der Waals surface area contributed by atoms with Crippen molar-refractivity contribution >= 4 is 22.4 Å². The zero-order valence-corrected chi connectivity index (χ0v) is 6.34. The van der Waals surface area contributed by atoms with Gasteiger partial charge >= 0.3 is 5.97 Å². The number of carboxylic acid groups (broad SMARTS) is 1. The van der Waals surface area contributed by atoms with Crippen molar-refractivity contribution in [2.45, 2.75) is 6.04 Å². The van der Waals surface area contributed by atoms with Gasteiger partial charge in [0.2, 0.25) is 0 Å². The molecule has 0 aliphatic rings. The largest absolute Gasteiger partial charge is 0.480 e. The van der Waals surface area contributed by atoms with Gasteiger partial charge in [0, 0.05) is 6.20 Å². The number of aliphatic carboxylic acids is 1. The molecule has 5 N–H and O–H groups in total. The summed E-state index contributed by atoms with van der Waals surface area (Å²) >= 11 is 1.08. The fourth-order valence-electron chi connectivity index (χ4n) is 0.566. The second kappa shape index (κ2) is 2.85. The van der Waals surface area contributed by atoms with Crippen LogP contribution in [0, 0.1) is 0 Å². The maximum Gasteiger partial charge on any atom is 0.326 e. The lowest BCUT2D eigenvalue weighted by atomic mass is 10.3. The third-order valence-corrected chi connectivity index (χ3v) is 2.02. The van der Waals surface area contributed by atoms with Crippen molar-refractivity contribution in [1.29, 1.82) is 0 Å². The molecule has 0 saturated carbocycles. The van der Waals surface area contributed by atoms with E-state index in [2.05, 4.69) is 4.98 Å². The van der Waals surface area contributed by atoms with Gasteiger partial charge in [0.15, 0.2) is 5.13 Å². The van der Waals surface area contributed by atoms with Crippen molar-refractivity contribution < 1.29 is 9.90 Å². The van der Waals surface area contributed by atoms with E-state index < -0.39 is 12.0 Å². The van der Waals surface area contributed by atoms with Gasteiger partial charge in [-0.15, -0.1) is 11.3 Å². The Morgan fingerprint density at radius 2 is 2.45 bits per heavy atom. The molecule has 6 heteroatoms. The molecule has 5 nitrogen and oxygen atoms in total. The minimum atomic E-state index is -1.08. The Hall–Kier alpha value is -1.14. The topological polar surface area (TPSA) is 102 Å². The molecule has 60 valence electrons. The average Bonchev–Trinajstić information content (AvgIpc) is 2.34. The summed E-state index contributed by atoms with van der Waals surface area (Å²) in [5.41, 5.74) is 10.5. The van der Waals surface area contributed by atoms with Gasteiger partial charge in [-0.3, -0.25) is 4.79 Å². The zero-order chi connectivity index (χ0) is 8.43. The van der Waals surface area contributed by atoms with Crippen LogP contribution in [0.2, 0.25) is 0 Å². The number of nitrogen functional groups attached to an aromatic ring is 1. The number of carboxylic acids is 1. The third-order valence-electron chi connectivity index (χ3n) is 1.11. The molecular weight excluding hydrogens is 166 g/mol. The number of thiazole rings is 1. The van der Waals surface area contributed by atoms with E-state index in [1.807, 2.05) is 0 Å². The third kappa shape index (κ3) is 1.66. The summed E-state index contributed by atoms with van der Waals surface area (Å²) in [6, 6.07) is -1.01. The van der Waals surface area contributed by atoms with Crippen LogP contribution in [0.5, 0.6) is 0 Å². The van der Waals surface area contributed by atoms with Gasteiger partial charge < -0.3 is 16.6 Å². The molecule has 0 bridgehead atoms. The first kappa shape index (κ1) is 7.96.